The Kier molecular flexibility index (Phi) is 6.84. The normalized spacial score (nSPS) is 18.4. The first-order valence-electron chi connectivity index (χ1n) is 9.75. The van der Waals surface area contributed by atoms with Crippen molar-refractivity contribution in [3.05, 3.63) is 93.0 Å². The summed E-state index contributed by atoms with van der Waals surface area (Å²) in [6, 6.07) is 8.75. The molecule has 1 amide bonds. The second-order valence-electron chi connectivity index (χ2n) is 7.67. The molecule has 2 atom stereocenters. The molecule has 0 saturated heterocycles. The van der Waals surface area contributed by atoms with Crippen molar-refractivity contribution < 1.29 is 22.8 Å². The molecule has 176 valence electrons. The van der Waals surface area contributed by atoms with Crippen LogP contribution in [0.5, 0.6) is 0 Å². The highest BCUT2D eigenvalue weighted by molar-refractivity contribution is 6.53. The van der Waals surface area contributed by atoms with Gasteiger partial charge in [-0.3, -0.25) is 14.6 Å². The maximum atomic E-state index is 13.9. The summed E-state index contributed by atoms with van der Waals surface area (Å²) in [5.41, 5.74) is 0.477. The first kappa shape index (κ1) is 24.8. The summed E-state index contributed by atoms with van der Waals surface area (Å²) < 4.78 is 39.0. The number of pyridine rings is 1. The zero-order valence-corrected chi connectivity index (χ0v) is 19.9. The number of carbonyl (C=O) groups is 2. The minimum Gasteiger partial charge on any atom is -0.326 e. The van der Waals surface area contributed by atoms with Crippen LogP contribution < -0.4 is 5.32 Å². The predicted molar refractivity (Wildman–Crippen MR) is 124 cm³/mol. The summed E-state index contributed by atoms with van der Waals surface area (Å²) in [6.45, 7) is 0. The van der Waals surface area contributed by atoms with E-state index < -0.39 is 51.7 Å². The standard InChI is InChI=1S/C23H13Cl4F3N2O2/c24-14-3-2-12(7-13(14)19(33)8-18-17(30)6-11(28)9-31-18)32-22(34)21-20(23(21,26)27)10-1-4-16(29)15(25)5-10/h1-7,9,20-21H,8H2,(H,32,34)/t20-,21+/m0/s1. The largest absolute Gasteiger partial charge is 0.326 e. The molecule has 1 aliphatic rings. The number of hydrogen-bond donors (Lipinski definition) is 1. The zero-order valence-electron chi connectivity index (χ0n) is 16.9. The second-order valence-corrected chi connectivity index (χ2v) is 9.93. The van der Waals surface area contributed by atoms with E-state index in [1.165, 1.54) is 30.3 Å². The number of hydrogen-bond acceptors (Lipinski definition) is 3. The lowest BCUT2D eigenvalue weighted by Crippen LogP contribution is -2.17. The number of carbonyl (C=O) groups excluding carboxylic acids is 2. The number of nitrogens with one attached hydrogen (secondary N) is 1. The number of anilines is 1. The van der Waals surface area contributed by atoms with Gasteiger partial charge in [0.05, 0.1) is 34.3 Å². The minimum atomic E-state index is -1.44. The van der Waals surface area contributed by atoms with Gasteiger partial charge in [0.2, 0.25) is 5.91 Å². The third kappa shape index (κ3) is 4.89. The molecule has 0 aliphatic heterocycles. The van der Waals surface area contributed by atoms with Crippen LogP contribution in [0.15, 0.2) is 48.7 Å². The van der Waals surface area contributed by atoms with Gasteiger partial charge in [-0.15, -0.1) is 23.2 Å². The minimum absolute atomic E-state index is 0.00525. The molecule has 1 saturated carbocycles. The van der Waals surface area contributed by atoms with Crippen molar-refractivity contribution in [2.45, 2.75) is 16.7 Å². The van der Waals surface area contributed by atoms with Gasteiger partial charge in [0.15, 0.2) is 5.78 Å². The molecule has 1 aromatic heterocycles. The fraction of sp³-hybridized carbons (Fsp3) is 0.174. The van der Waals surface area contributed by atoms with Crippen molar-refractivity contribution in [2.24, 2.45) is 5.92 Å². The van der Waals surface area contributed by atoms with Crippen molar-refractivity contribution in [1.82, 2.24) is 4.98 Å². The van der Waals surface area contributed by atoms with Gasteiger partial charge in [-0.05, 0) is 35.9 Å². The van der Waals surface area contributed by atoms with Crippen LogP contribution in [-0.4, -0.2) is 21.0 Å². The second kappa shape index (κ2) is 9.38. The zero-order chi connectivity index (χ0) is 24.8. The van der Waals surface area contributed by atoms with Crippen LogP contribution in [0.1, 0.15) is 27.5 Å². The number of benzene rings is 2. The van der Waals surface area contributed by atoms with Crippen molar-refractivity contribution in [3.63, 3.8) is 0 Å². The van der Waals surface area contributed by atoms with Gasteiger partial charge >= 0.3 is 0 Å². The molecule has 1 aliphatic carbocycles. The van der Waals surface area contributed by atoms with E-state index in [2.05, 4.69) is 10.3 Å². The molecule has 0 spiro atoms. The molecule has 11 heteroatoms. The average Bonchev–Trinajstić information content (AvgIpc) is 3.35. The lowest BCUT2D eigenvalue weighted by atomic mass is 10.0. The number of ketones is 1. The lowest BCUT2D eigenvalue weighted by Gasteiger charge is -2.09. The third-order valence-corrected chi connectivity index (χ3v) is 6.94. The molecular weight excluding hydrogens is 535 g/mol. The fourth-order valence-electron chi connectivity index (χ4n) is 3.63. The van der Waals surface area contributed by atoms with Crippen LogP contribution in [0.4, 0.5) is 18.9 Å². The van der Waals surface area contributed by atoms with Gasteiger partial charge in [-0.1, -0.05) is 29.3 Å². The van der Waals surface area contributed by atoms with E-state index in [-0.39, 0.29) is 27.0 Å². The van der Waals surface area contributed by atoms with E-state index >= 15 is 0 Å². The molecule has 1 N–H and O–H groups in total. The summed E-state index contributed by atoms with van der Waals surface area (Å²) in [4.78, 5) is 29.1. The molecule has 0 radical (unpaired) electrons. The first-order chi connectivity index (χ1) is 16.0. The van der Waals surface area contributed by atoms with E-state index in [0.717, 1.165) is 12.3 Å². The summed E-state index contributed by atoms with van der Waals surface area (Å²) in [5.74, 6) is -5.08. The summed E-state index contributed by atoms with van der Waals surface area (Å²) in [5, 5.41) is 2.57. The highest BCUT2D eigenvalue weighted by Crippen LogP contribution is 2.65. The van der Waals surface area contributed by atoms with Gasteiger partial charge in [-0.2, -0.15) is 0 Å². The topological polar surface area (TPSA) is 59.1 Å². The van der Waals surface area contributed by atoms with Crippen LogP contribution in [0, 0.1) is 23.4 Å². The quantitative estimate of drug-likeness (QED) is 0.274. The Bertz CT molecular complexity index is 1320. The maximum Gasteiger partial charge on any atom is 0.231 e. The highest BCUT2D eigenvalue weighted by atomic mass is 35.5. The van der Waals surface area contributed by atoms with Crippen LogP contribution in [-0.2, 0) is 11.2 Å². The molecular formula is C23H13Cl4F3N2O2. The Morgan fingerprint density at radius 3 is 2.38 bits per heavy atom. The molecule has 1 heterocycles. The van der Waals surface area contributed by atoms with Crippen LogP contribution in [0.25, 0.3) is 0 Å². The fourth-order valence-corrected chi connectivity index (χ4v) is 4.87. The van der Waals surface area contributed by atoms with E-state index in [1.807, 2.05) is 0 Å². The molecule has 0 bridgehead atoms. The molecule has 34 heavy (non-hydrogen) atoms. The van der Waals surface area contributed by atoms with Gasteiger partial charge in [0.1, 0.15) is 21.8 Å². The van der Waals surface area contributed by atoms with Crippen LogP contribution in [0.2, 0.25) is 10.0 Å². The lowest BCUT2D eigenvalue weighted by molar-refractivity contribution is -0.117. The van der Waals surface area contributed by atoms with Gasteiger partial charge < -0.3 is 5.32 Å². The van der Waals surface area contributed by atoms with Crippen molar-refractivity contribution in [3.8, 4) is 0 Å². The number of halogens is 7. The Labute approximate surface area is 212 Å². The Hall–Kier alpha value is -2.32. The van der Waals surface area contributed by atoms with Crippen LogP contribution in [0.3, 0.4) is 0 Å². The highest BCUT2D eigenvalue weighted by Gasteiger charge is 2.67. The Morgan fingerprint density at radius 1 is 0.971 bits per heavy atom. The van der Waals surface area contributed by atoms with Gasteiger partial charge in [0.25, 0.3) is 0 Å². The molecule has 2 aromatic carbocycles. The Balaban J connectivity index is 1.51. The summed E-state index contributed by atoms with van der Waals surface area (Å²) in [6.07, 6.45) is 0.334. The number of alkyl halides is 2. The Morgan fingerprint density at radius 2 is 1.71 bits per heavy atom. The number of rotatable bonds is 6. The molecule has 0 unspecified atom stereocenters. The molecule has 3 aromatic rings. The maximum absolute atomic E-state index is 13.9. The molecule has 4 rings (SSSR count). The molecule has 1 fully saturated rings. The number of Topliss-reactive ketones (excluding diaryl/α,β-unsaturated/α-hetero) is 1. The monoisotopic (exact) mass is 546 g/mol. The first-order valence-corrected chi connectivity index (χ1v) is 11.3. The van der Waals surface area contributed by atoms with E-state index in [4.69, 9.17) is 46.4 Å². The summed E-state index contributed by atoms with van der Waals surface area (Å²) in [7, 11) is 0. The smallest absolute Gasteiger partial charge is 0.231 e. The van der Waals surface area contributed by atoms with Gasteiger partial charge in [-0.25, -0.2) is 13.2 Å². The average molecular weight is 548 g/mol. The van der Waals surface area contributed by atoms with Gasteiger partial charge in [0, 0.05) is 23.2 Å². The predicted octanol–water partition coefficient (Wildman–Crippen LogP) is 6.76. The van der Waals surface area contributed by atoms with Crippen molar-refractivity contribution >= 4 is 63.8 Å². The van der Waals surface area contributed by atoms with Crippen molar-refractivity contribution in [1.29, 1.82) is 0 Å². The van der Waals surface area contributed by atoms with Crippen molar-refractivity contribution in [2.75, 3.05) is 5.32 Å². The number of nitrogens with zero attached hydrogens (tertiary/aromatic N) is 1. The van der Waals surface area contributed by atoms with E-state index in [9.17, 15) is 22.8 Å². The van der Waals surface area contributed by atoms with Crippen LogP contribution >= 0.6 is 46.4 Å². The summed E-state index contributed by atoms with van der Waals surface area (Å²) >= 11 is 24.6. The number of aromatic nitrogens is 1. The molecule has 4 nitrogen and oxygen atoms in total. The number of amides is 1. The SMILES string of the molecule is O=C(Cc1ncc(F)cc1F)c1cc(NC(=O)[C@H]2[C@H](c3ccc(F)c(Cl)c3)C2(Cl)Cl)ccc1Cl. The third-order valence-electron chi connectivity index (χ3n) is 5.39. The van der Waals surface area contributed by atoms with E-state index in [0.29, 0.717) is 11.6 Å². The van der Waals surface area contributed by atoms with E-state index in [1.54, 1.807) is 0 Å².